The summed E-state index contributed by atoms with van der Waals surface area (Å²) in [6.07, 6.45) is 0. The van der Waals surface area contributed by atoms with E-state index in [1.165, 1.54) is 19.1 Å². The van der Waals surface area contributed by atoms with Gasteiger partial charge in [0.05, 0.1) is 31.4 Å². The van der Waals surface area contributed by atoms with Crippen LogP contribution in [0.3, 0.4) is 0 Å². The molecule has 1 amide bonds. The molecule has 0 bridgehead atoms. The smallest absolute Gasteiger partial charge is 0.300 e. The molecule has 1 saturated heterocycles. The number of rotatable bonds is 5. The van der Waals surface area contributed by atoms with Gasteiger partial charge in [0.25, 0.3) is 11.7 Å². The molecule has 34 heavy (non-hydrogen) atoms. The number of methoxy groups -OCH3 is 2. The number of ketones is 1. The normalized spacial score (nSPS) is 17.2. The maximum atomic E-state index is 13.5. The molecule has 3 aromatic carbocycles. The average molecular weight is 458 g/mol. The number of benzene rings is 3. The van der Waals surface area contributed by atoms with Gasteiger partial charge in [-0.25, -0.2) is 0 Å². The molecule has 0 aliphatic carbocycles. The molecule has 174 valence electrons. The second-order valence-corrected chi connectivity index (χ2v) is 8.36. The minimum Gasteiger partial charge on any atom is -0.507 e. The molecule has 0 radical (unpaired) electrons. The Labute approximate surface area is 199 Å². The first-order valence-corrected chi connectivity index (χ1v) is 10.9. The van der Waals surface area contributed by atoms with E-state index in [1.54, 1.807) is 24.3 Å². The number of Topliss-reactive ketones (excluding diaryl/α,β-unsaturated/α-hetero) is 1. The summed E-state index contributed by atoms with van der Waals surface area (Å²) in [6.45, 7) is 5.64. The lowest BCUT2D eigenvalue weighted by molar-refractivity contribution is -0.132. The lowest BCUT2D eigenvalue weighted by atomic mass is 9.93. The number of aliphatic hydroxyl groups is 1. The molecule has 1 atom stereocenters. The minimum absolute atomic E-state index is 0.0129. The van der Waals surface area contributed by atoms with Crippen molar-refractivity contribution in [2.75, 3.05) is 19.1 Å². The Balaban J connectivity index is 2.07. The van der Waals surface area contributed by atoms with Crippen molar-refractivity contribution in [1.82, 2.24) is 0 Å². The number of nitrogens with zero attached hydrogens (tertiary/aromatic N) is 1. The topological polar surface area (TPSA) is 76.1 Å². The molecule has 1 aliphatic heterocycles. The minimum atomic E-state index is -0.886. The fourth-order valence-corrected chi connectivity index (χ4v) is 4.65. The number of aliphatic hydroxyl groups excluding tert-OH is 1. The SMILES string of the molecule is COc1ccccc1C1/C(=C(\O)c2cc(C)cc(C)c2OC)C(=O)C(=O)N1c1ccccc1C. The van der Waals surface area contributed by atoms with E-state index in [0.29, 0.717) is 28.3 Å². The van der Waals surface area contributed by atoms with Gasteiger partial charge < -0.3 is 14.6 Å². The van der Waals surface area contributed by atoms with Crippen LogP contribution in [0, 0.1) is 20.8 Å². The Bertz CT molecular complexity index is 1320. The van der Waals surface area contributed by atoms with Gasteiger partial charge in [-0.1, -0.05) is 42.5 Å². The van der Waals surface area contributed by atoms with Crippen molar-refractivity contribution in [3.05, 3.63) is 94.1 Å². The van der Waals surface area contributed by atoms with Crippen molar-refractivity contribution in [1.29, 1.82) is 0 Å². The Morgan fingerprint density at radius 2 is 1.56 bits per heavy atom. The second-order valence-electron chi connectivity index (χ2n) is 8.36. The summed E-state index contributed by atoms with van der Waals surface area (Å²) >= 11 is 0. The summed E-state index contributed by atoms with van der Waals surface area (Å²) in [6, 6.07) is 17.3. The summed E-state index contributed by atoms with van der Waals surface area (Å²) in [5, 5.41) is 11.6. The van der Waals surface area contributed by atoms with Crippen LogP contribution >= 0.6 is 0 Å². The summed E-state index contributed by atoms with van der Waals surface area (Å²) < 4.78 is 11.1. The molecule has 6 heteroatoms. The van der Waals surface area contributed by atoms with Gasteiger partial charge >= 0.3 is 0 Å². The molecule has 0 aromatic heterocycles. The van der Waals surface area contributed by atoms with E-state index < -0.39 is 17.7 Å². The molecular formula is C28H27NO5. The number of hydrogen-bond acceptors (Lipinski definition) is 5. The number of carbonyl (C=O) groups is 2. The first-order chi connectivity index (χ1) is 16.3. The van der Waals surface area contributed by atoms with Gasteiger partial charge in [-0.2, -0.15) is 0 Å². The van der Waals surface area contributed by atoms with Crippen LogP contribution in [0.4, 0.5) is 5.69 Å². The van der Waals surface area contributed by atoms with Crippen LogP contribution in [0.2, 0.25) is 0 Å². The van der Waals surface area contributed by atoms with Crippen molar-refractivity contribution in [3.63, 3.8) is 0 Å². The monoisotopic (exact) mass is 457 g/mol. The number of carbonyl (C=O) groups excluding carboxylic acids is 2. The Morgan fingerprint density at radius 3 is 2.24 bits per heavy atom. The Kier molecular flexibility index (Phi) is 6.16. The highest BCUT2D eigenvalue weighted by Gasteiger charge is 2.48. The maximum absolute atomic E-state index is 13.5. The quantitative estimate of drug-likeness (QED) is 0.322. The van der Waals surface area contributed by atoms with Crippen molar-refractivity contribution in [3.8, 4) is 11.5 Å². The fourth-order valence-electron chi connectivity index (χ4n) is 4.65. The van der Waals surface area contributed by atoms with Crippen LogP contribution < -0.4 is 14.4 Å². The fraction of sp³-hybridized carbons (Fsp3) is 0.214. The zero-order valence-electron chi connectivity index (χ0n) is 19.9. The van der Waals surface area contributed by atoms with Gasteiger partial charge in [0, 0.05) is 11.3 Å². The number of ether oxygens (including phenoxy) is 2. The zero-order valence-corrected chi connectivity index (χ0v) is 19.9. The predicted molar refractivity (Wildman–Crippen MR) is 131 cm³/mol. The van der Waals surface area contributed by atoms with Crippen LogP contribution in [0.15, 0.2) is 66.2 Å². The zero-order chi connectivity index (χ0) is 24.6. The van der Waals surface area contributed by atoms with E-state index in [4.69, 9.17) is 9.47 Å². The third-order valence-electron chi connectivity index (χ3n) is 6.13. The first kappa shape index (κ1) is 23.1. The molecule has 0 saturated carbocycles. The molecule has 3 aromatic rings. The van der Waals surface area contributed by atoms with E-state index in [0.717, 1.165) is 16.7 Å². The standard InChI is InChI=1S/C28H27NO5/c1-16-14-18(3)27(34-5)20(15-16)25(30)23-24(19-11-7-9-13-22(19)33-4)29(28(32)26(23)31)21-12-8-6-10-17(21)2/h6-15,24,30H,1-5H3/b25-23+. The van der Waals surface area contributed by atoms with Gasteiger partial charge in [0.15, 0.2) is 0 Å². The van der Waals surface area contributed by atoms with Gasteiger partial charge in [0.2, 0.25) is 0 Å². The van der Waals surface area contributed by atoms with Crippen molar-refractivity contribution < 1.29 is 24.2 Å². The molecule has 1 aliphatic rings. The van der Waals surface area contributed by atoms with Crippen molar-refractivity contribution in [2.45, 2.75) is 26.8 Å². The van der Waals surface area contributed by atoms with Crippen molar-refractivity contribution >= 4 is 23.1 Å². The van der Waals surface area contributed by atoms with E-state index in [1.807, 2.05) is 57.2 Å². The van der Waals surface area contributed by atoms with Gasteiger partial charge in [-0.3, -0.25) is 14.5 Å². The lowest BCUT2D eigenvalue weighted by Crippen LogP contribution is -2.30. The van der Waals surface area contributed by atoms with Crippen LogP contribution in [-0.4, -0.2) is 31.0 Å². The van der Waals surface area contributed by atoms with E-state index >= 15 is 0 Å². The highest BCUT2D eigenvalue weighted by molar-refractivity contribution is 6.51. The summed E-state index contributed by atoms with van der Waals surface area (Å²) in [4.78, 5) is 28.4. The second kappa shape index (κ2) is 9.06. The van der Waals surface area contributed by atoms with Crippen LogP contribution in [0.5, 0.6) is 11.5 Å². The summed E-state index contributed by atoms with van der Waals surface area (Å²) in [5.74, 6) is -0.808. The molecular weight excluding hydrogens is 430 g/mol. The Hall–Kier alpha value is -4.06. The molecule has 1 N–H and O–H groups in total. The molecule has 4 rings (SSSR count). The van der Waals surface area contributed by atoms with Crippen molar-refractivity contribution in [2.24, 2.45) is 0 Å². The predicted octanol–water partition coefficient (Wildman–Crippen LogP) is 5.26. The Morgan fingerprint density at radius 1 is 0.882 bits per heavy atom. The van der Waals surface area contributed by atoms with Crippen LogP contribution in [0.25, 0.3) is 5.76 Å². The van der Waals surface area contributed by atoms with E-state index in [2.05, 4.69) is 0 Å². The van der Waals surface area contributed by atoms with Gasteiger partial charge in [0.1, 0.15) is 17.3 Å². The molecule has 1 heterocycles. The average Bonchev–Trinajstić information content (AvgIpc) is 3.08. The molecule has 1 fully saturated rings. The molecule has 0 spiro atoms. The lowest BCUT2D eigenvalue weighted by Gasteiger charge is -2.28. The van der Waals surface area contributed by atoms with E-state index in [9.17, 15) is 14.7 Å². The summed E-state index contributed by atoms with van der Waals surface area (Å²) in [5.41, 5.74) is 4.06. The third-order valence-corrected chi connectivity index (χ3v) is 6.13. The van der Waals surface area contributed by atoms with Gasteiger partial charge in [-0.15, -0.1) is 0 Å². The van der Waals surface area contributed by atoms with Crippen LogP contribution in [0.1, 0.15) is 33.9 Å². The molecule has 6 nitrogen and oxygen atoms in total. The number of hydrogen-bond donors (Lipinski definition) is 1. The molecule has 1 unspecified atom stereocenters. The number of aryl methyl sites for hydroxylation is 3. The highest BCUT2D eigenvalue weighted by atomic mass is 16.5. The highest BCUT2D eigenvalue weighted by Crippen LogP contribution is 2.46. The van der Waals surface area contributed by atoms with Gasteiger partial charge in [-0.05, 0) is 55.7 Å². The maximum Gasteiger partial charge on any atom is 0.300 e. The number of amides is 1. The van der Waals surface area contributed by atoms with E-state index in [-0.39, 0.29) is 11.3 Å². The number of anilines is 1. The first-order valence-electron chi connectivity index (χ1n) is 10.9. The largest absolute Gasteiger partial charge is 0.507 e. The third kappa shape index (κ3) is 3.71. The summed E-state index contributed by atoms with van der Waals surface area (Å²) in [7, 11) is 3.05. The number of para-hydroxylation sites is 2. The van der Waals surface area contributed by atoms with Crippen LogP contribution in [-0.2, 0) is 9.59 Å².